The van der Waals surface area contributed by atoms with E-state index >= 15 is 0 Å². The van der Waals surface area contributed by atoms with Crippen molar-refractivity contribution in [3.63, 3.8) is 0 Å². The molecule has 10 heteroatoms. The van der Waals surface area contributed by atoms with Crippen LogP contribution < -0.4 is 14.2 Å². The van der Waals surface area contributed by atoms with Crippen LogP contribution >= 0.6 is 34.8 Å². The largest absolute Gasteiger partial charge is 0.493 e. The summed E-state index contributed by atoms with van der Waals surface area (Å²) in [6.07, 6.45) is 1.56. The molecule has 0 bridgehead atoms. The molecule has 1 N–H and O–H groups in total. The number of hydrogen-bond acceptors (Lipinski definition) is 5. The van der Waals surface area contributed by atoms with Crippen molar-refractivity contribution in [1.29, 1.82) is 0 Å². The van der Waals surface area contributed by atoms with Gasteiger partial charge in [0.25, 0.3) is 0 Å². The van der Waals surface area contributed by atoms with Gasteiger partial charge >= 0.3 is 0 Å². The maximum atomic E-state index is 12.5. The van der Waals surface area contributed by atoms with Crippen LogP contribution in [0.4, 0.5) is 0 Å². The molecule has 1 aliphatic heterocycles. The minimum absolute atomic E-state index is 0.0280. The van der Waals surface area contributed by atoms with Crippen LogP contribution in [-0.4, -0.2) is 47.2 Å². The minimum Gasteiger partial charge on any atom is -0.493 e. The summed E-state index contributed by atoms with van der Waals surface area (Å²) in [5, 5.41) is 0.161. The van der Waals surface area contributed by atoms with Crippen molar-refractivity contribution in [2.75, 3.05) is 33.9 Å². The van der Waals surface area contributed by atoms with E-state index in [1.807, 2.05) is 12.1 Å². The van der Waals surface area contributed by atoms with Crippen molar-refractivity contribution in [2.45, 2.75) is 24.3 Å². The number of methoxy groups -OCH3 is 2. The number of halogens is 3. The van der Waals surface area contributed by atoms with Crippen molar-refractivity contribution in [3.8, 4) is 11.5 Å². The molecule has 0 radical (unpaired) electrons. The van der Waals surface area contributed by atoms with Gasteiger partial charge in [-0.15, -0.1) is 0 Å². The lowest BCUT2D eigenvalue weighted by atomic mass is 9.98. The molecule has 0 aliphatic carbocycles. The first-order valence-corrected chi connectivity index (χ1v) is 12.0. The van der Waals surface area contributed by atoms with Crippen LogP contribution in [0.1, 0.15) is 17.5 Å². The Balaban J connectivity index is 1.56. The van der Waals surface area contributed by atoms with E-state index in [0.29, 0.717) is 12.2 Å². The number of nitrogens with zero attached hydrogens (tertiary/aromatic N) is 1. The molecule has 1 aliphatic rings. The molecule has 6 nitrogen and oxygen atoms in total. The summed E-state index contributed by atoms with van der Waals surface area (Å²) in [5.74, 6) is 1.45. The van der Waals surface area contributed by atoms with E-state index in [0.717, 1.165) is 31.8 Å². The molecule has 0 aromatic heterocycles. The maximum absolute atomic E-state index is 12.5. The van der Waals surface area contributed by atoms with Gasteiger partial charge in [0.2, 0.25) is 10.0 Å². The second-order valence-electron chi connectivity index (χ2n) is 6.93. The molecular formula is C20H23Cl3N2O4S. The SMILES string of the molecule is COc1cc2c(cc1OC)CN(CCCNS(=O)(=O)c1ccc(Cl)c(Cl)c1Cl)CC2. The second-order valence-corrected chi connectivity index (χ2v) is 9.83. The molecule has 0 amide bonds. The van der Waals surface area contributed by atoms with Crippen LogP contribution in [0, 0.1) is 0 Å². The summed E-state index contributed by atoms with van der Waals surface area (Å²) in [4.78, 5) is 2.21. The van der Waals surface area contributed by atoms with E-state index in [1.165, 1.54) is 23.3 Å². The molecule has 164 valence electrons. The summed E-state index contributed by atoms with van der Waals surface area (Å²) in [6.45, 7) is 2.72. The first kappa shape index (κ1) is 23.4. The average molecular weight is 494 g/mol. The quantitative estimate of drug-likeness (QED) is 0.436. The highest BCUT2D eigenvalue weighted by molar-refractivity contribution is 7.89. The van der Waals surface area contributed by atoms with Crippen molar-refractivity contribution in [1.82, 2.24) is 9.62 Å². The Morgan fingerprint density at radius 1 is 1.03 bits per heavy atom. The van der Waals surface area contributed by atoms with Gasteiger partial charge in [0.05, 0.1) is 29.3 Å². The predicted molar refractivity (Wildman–Crippen MR) is 120 cm³/mol. The molecule has 2 aromatic rings. The number of rotatable bonds is 8. The van der Waals surface area contributed by atoms with Gasteiger partial charge in [-0.2, -0.15) is 0 Å². The predicted octanol–water partition coefficient (Wildman–Crippen LogP) is 4.39. The van der Waals surface area contributed by atoms with Crippen molar-refractivity contribution in [3.05, 3.63) is 50.5 Å². The van der Waals surface area contributed by atoms with Crippen molar-refractivity contribution >= 4 is 44.8 Å². The van der Waals surface area contributed by atoms with Gasteiger partial charge in [-0.1, -0.05) is 34.8 Å². The topological polar surface area (TPSA) is 67.9 Å². The van der Waals surface area contributed by atoms with Crippen LogP contribution in [0.5, 0.6) is 11.5 Å². The van der Waals surface area contributed by atoms with Gasteiger partial charge in [0.15, 0.2) is 11.5 Å². The Kier molecular flexibility index (Phi) is 7.76. The Morgan fingerprint density at radius 3 is 2.37 bits per heavy atom. The molecule has 1 heterocycles. The van der Waals surface area contributed by atoms with Crippen molar-refractivity contribution < 1.29 is 17.9 Å². The van der Waals surface area contributed by atoms with Crippen LogP contribution in [0.2, 0.25) is 15.1 Å². The smallest absolute Gasteiger partial charge is 0.242 e. The third kappa shape index (κ3) is 5.15. The zero-order valence-electron chi connectivity index (χ0n) is 16.7. The summed E-state index contributed by atoms with van der Waals surface area (Å²) in [6, 6.07) is 6.80. The standard InChI is InChI=1S/C20H23Cl3N2O4S/c1-28-16-10-13-6-9-25(12-14(13)11-17(16)29-2)8-3-7-24-30(26,27)18-5-4-15(21)19(22)20(18)23/h4-5,10-11,24H,3,6-9,12H2,1-2H3. The fraction of sp³-hybridized carbons (Fsp3) is 0.400. The molecule has 2 aromatic carbocycles. The van der Waals surface area contributed by atoms with Crippen LogP contribution in [0.3, 0.4) is 0 Å². The molecule has 0 saturated heterocycles. The number of ether oxygens (including phenoxy) is 2. The zero-order chi connectivity index (χ0) is 21.9. The van der Waals surface area contributed by atoms with Crippen molar-refractivity contribution in [2.24, 2.45) is 0 Å². The molecular weight excluding hydrogens is 471 g/mol. The lowest BCUT2D eigenvalue weighted by molar-refractivity contribution is 0.250. The number of nitrogens with one attached hydrogen (secondary N) is 1. The van der Waals surface area contributed by atoms with Gasteiger partial charge < -0.3 is 9.47 Å². The van der Waals surface area contributed by atoms with E-state index in [2.05, 4.69) is 9.62 Å². The van der Waals surface area contributed by atoms with E-state index in [4.69, 9.17) is 44.3 Å². The fourth-order valence-corrected chi connectivity index (χ4v) is 5.49. The summed E-state index contributed by atoms with van der Waals surface area (Å²) >= 11 is 17.9. The van der Waals surface area contributed by atoms with E-state index in [-0.39, 0.29) is 26.5 Å². The third-order valence-corrected chi connectivity index (χ3v) is 7.94. The fourth-order valence-electron chi connectivity index (χ4n) is 3.44. The van der Waals surface area contributed by atoms with E-state index < -0.39 is 10.0 Å². The lowest BCUT2D eigenvalue weighted by Crippen LogP contribution is -2.34. The number of sulfonamides is 1. The molecule has 0 unspecified atom stereocenters. The first-order valence-electron chi connectivity index (χ1n) is 9.36. The number of hydrogen-bond donors (Lipinski definition) is 1. The highest BCUT2D eigenvalue weighted by Crippen LogP contribution is 2.35. The molecule has 0 atom stereocenters. The summed E-state index contributed by atoms with van der Waals surface area (Å²) < 4.78 is 38.4. The second kappa shape index (κ2) is 9.94. The normalized spacial score (nSPS) is 14.4. The van der Waals surface area contributed by atoms with E-state index in [1.54, 1.807) is 14.2 Å². The number of fused-ring (bicyclic) bond motifs is 1. The third-order valence-electron chi connectivity index (χ3n) is 5.03. The monoisotopic (exact) mass is 492 g/mol. The Morgan fingerprint density at radius 2 is 1.70 bits per heavy atom. The van der Waals surface area contributed by atoms with Gasteiger partial charge in [0.1, 0.15) is 4.90 Å². The molecule has 3 rings (SSSR count). The van der Waals surface area contributed by atoms with Gasteiger partial charge in [-0.3, -0.25) is 4.90 Å². The molecule has 0 spiro atoms. The molecule has 0 fully saturated rings. The minimum atomic E-state index is -3.77. The first-order chi connectivity index (χ1) is 14.3. The lowest BCUT2D eigenvalue weighted by Gasteiger charge is -2.29. The van der Waals surface area contributed by atoms with E-state index in [9.17, 15) is 8.42 Å². The highest BCUT2D eigenvalue weighted by atomic mass is 35.5. The average Bonchev–Trinajstić information content (AvgIpc) is 2.73. The summed E-state index contributed by atoms with van der Waals surface area (Å²) in [5.41, 5.74) is 2.45. The van der Waals surface area contributed by atoms with Gasteiger partial charge in [-0.05, 0) is 54.8 Å². The van der Waals surface area contributed by atoms with Crippen LogP contribution in [0.15, 0.2) is 29.2 Å². The maximum Gasteiger partial charge on any atom is 0.242 e. The number of benzene rings is 2. The molecule has 30 heavy (non-hydrogen) atoms. The van der Waals surface area contributed by atoms with Crippen LogP contribution in [0.25, 0.3) is 0 Å². The van der Waals surface area contributed by atoms with Crippen LogP contribution in [-0.2, 0) is 23.0 Å². The molecule has 0 saturated carbocycles. The Labute approximate surface area is 192 Å². The Hall–Kier alpha value is -1.22. The van der Waals surface area contributed by atoms with Gasteiger partial charge in [0, 0.05) is 19.6 Å². The zero-order valence-corrected chi connectivity index (χ0v) is 19.8. The van der Waals surface area contributed by atoms with Gasteiger partial charge in [-0.25, -0.2) is 13.1 Å². The summed E-state index contributed by atoms with van der Waals surface area (Å²) in [7, 11) is -0.520. The Bertz CT molecular complexity index is 1030. The highest BCUT2D eigenvalue weighted by Gasteiger charge is 2.22.